The minimum absolute atomic E-state index is 0.157. The van der Waals surface area contributed by atoms with Crippen molar-refractivity contribution in [1.29, 1.82) is 0 Å². The van der Waals surface area contributed by atoms with Gasteiger partial charge in [0, 0.05) is 12.1 Å². The zero-order valence-electron chi connectivity index (χ0n) is 13.8. The predicted octanol–water partition coefficient (Wildman–Crippen LogP) is 2.61. The van der Waals surface area contributed by atoms with Crippen molar-refractivity contribution in [1.82, 2.24) is 5.32 Å². The first-order chi connectivity index (χ1) is 11.5. The Bertz CT molecular complexity index is 632. The number of amides is 1. The lowest BCUT2D eigenvalue weighted by atomic mass is 10.1. The molecule has 0 unspecified atom stereocenters. The third kappa shape index (κ3) is 3.47. The number of ether oxygens (including phenoxy) is 2. The van der Waals surface area contributed by atoms with Gasteiger partial charge in [-0.3, -0.25) is 9.59 Å². The molecule has 0 radical (unpaired) electrons. The zero-order chi connectivity index (χ0) is 17.2. The van der Waals surface area contributed by atoms with Crippen LogP contribution < -0.4 is 14.8 Å². The third-order valence-corrected chi connectivity index (χ3v) is 4.92. The van der Waals surface area contributed by atoms with Crippen molar-refractivity contribution >= 4 is 11.9 Å². The fraction of sp³-hybridized carbons (Fsp3) is 0.556. The van der Waals surface area contributed by atoms with Crippen molar-refractivity contribution in [2.45, 2.75) is 44.6 Å². The molecule has 3 rings (SSSR count). The number of carbonyl (C=O) groups excluding carboxylic acids is 1. The Labute approximate surface area is 141 Å². The first-order valence-electron chi connectivity index (χ1n) is 8.40. The Kier molecular flexibility index (Phi) is 4.64. The molecule has 2 aliphatic rings. The van der Waals surface area contributed by atoms with Gasteiger partial charge >= 0.3 is 5.97 Å². The maximum Gasteiger partial charge on any atom is 0.311 e. The molecule has 0 heterocycles. The van der Waals surface area contributed by atoms with E-state index in [-0.39, 0.29) is 18.6 Å². The van der Waals surface area contributed by atoms with Crippen LogP contribution in [0.1, 0.15) is 48.9 Å². The van der Waals surface area contributed by atoms with E-state index in [1.54, 1.807) is 25.3 Å². The number of aliphatic carboxylic acids is 1. The number of carboxylic acid groups (broad SMARTS) is 1. The topological polar surface area (TPSA) is 84.9 Å². The lowest BCUT2D eigenvalue weighted by molar-refractivity contribution is -0.143. The van der Waals surface area contributed by atoms with Gasteiger partial charge < -0.3 is 19.9 Å². The molecule has 2 aliphatic carbocycles. The van der Waals surface area contributed by atoms with Crippen molar-refractivity contribution in [2.24, 2.45) is 5.41 Å². The lowest BCUT2D eigenvalue weighted by Crippen LogP contribution is -2.34. The highest BCUT2D eigenvalue weighted by Crippen LogP contribution is 2.45. The molecule has 2 fully saturated rings. The summed E-state index contributed by atoms with van der Waals surface area (Å²) in [6, 6.07) is 5.07. The second-order valence-corrected chi connectivity index (χ2v) is 6.66. The van der Waals surface area contributed by atoms with Crippen LogP contribution in [0.15, 0.2) is 18.2 Å². The molecule has 6 nitrogen and oxygen atoms in total. The van der Waals surface area contributed by atoms with Gasteiger partial charge in [0.05, 0.1) is 18.6 Å². The molecule has 0 spiro atoms. The summed E-state index contributed by atoms with van der Waals surface area (Å²) >= 11 is 0. The fourth-order valence-electron chi connectivity index (χ4n) is 3.06. The largest absolute Gasteiger partial charge is 0.493 e. The lowest BCUT2D eigenvalue weighted by Gasteiger charge is -2.17. The highest BCUT2D eigenvalue weighted by Gasteiger charge is 2.50. The Morgan fingerprint density at radius 2 is 1.96 bits per heavy atom. The summed E-state index contributed by atoms with van der Waals surface area (Å²) in [6.07, 6.45) is 5.88. The Morgan fingerprint density at radius 3 is 2.54 bits per heavy atom. The SMILES string of the molecule is COc1cc(C(=O)NCC2(C(=O)O)CC2)ccc1OC1CCCC1. The van der Waals surface area contributed by atoms with Crippen LogP contribution in [0, 0.1) is 5.41 Å². The first kappa shape index (κ1) is 16.6. The maximum absolute atomic E-state index is 12.3. The molecule has 1 aromatic rings. The first-order valence-corrected chi connectivity index (χ1v) is 8.40. The summed E-state index contributed by atoms with van der Waals surface area (Å²) in [4.78, 5) is 23.4. The number of carboxylic acids is 1. The molecular formula is C18H23NO5. The van der Waals surface area contributed by atoms with Gasteiger partial charge in [-0.1, -0.05) is 0 Å². The standard InChI is InChI=1S/C18H23NO5/c1-23-15-10-12(6-7-14(15)24-13-4-2-3-5-13)16(20)19-11-18(8-9-18)17(21)22/h6-7,10,13H,2-5,8-9,11H2,1H3,(H,19,20)(H,21,22). The van der Waals surface area contributed by atoms with E-state index < -0.39 is 11.4 Å². The van der Waals surface area contributed by atoms with Crippen molar-refractivity contribution in [3.8, 4) is 11.5 Å². The number of benzene rings is 1. The molecule has 0 aromatic heterocycles. The van der Waals surface area contributed by atoms with Crippen molar-refractivity contribution < 1.29 is 24.2 Å². The van der Waals surface area contributed by atoms with Crippen LogP contribution in [0.3, 0.4) is 0 Å². The molecule has 24 heavy (non-hydrogen) atoms. The quantitative estimate of drug-likeness (QED) is 0.801. The Hall–Kier alpha value is -2.24. The molecule has 0 aliphatic heterocycles. The molecule has 2 saturated carbocycles. The van der Waals surface area contributed by atoms with Crippen LogP contribution in [0.2, 0.25) is 0 Å². The van der Waals surface area contributed by atoms with E-state index in [1.165, 1.54) is 12.8 Å². The van der Waals surface area contributed by atoms with Crippen molar-refractivity contribution in [2.75, 3.05) is 13.7 Å². The molecule has 130 valence electrons. The molecule has 1 amide bonds. The minimum atomic E-state index is -0.847. The molecule has 1 aromatic carbocycles. The van der Waals surface area contributed by atoms with E-state index in [4.69, 9.17) is 14.6 Å². The molecule has 6 heteroatoms. The summed E-state index contributed by atoms with van der Waals surface area (Å²) in [5.41, 5.74) is -0.336. The van der Waals surface area contributed by atoms with Gasteiger partial charge in [0.2, 0.25) is 0 Å². The third-order valence-electron chi connectivity index (χ3n) is 4.92. The molecule has 2 N–H and O–H groups in total. The van der Waals surface area contributed by atoms with Crippen LogP contribution in [-0.2, 0) is 4.79 Å². The summed E-state index contributed by atoms with van der Waals surface area (Å²) in [5.74, 6) is 0.0213. The fourth-order valence-corrected chi connectivity index (χ4v) is 3.06. The van der Waals surface area contributed by atoms with Crippen LogP contribution >= 0.6 is 0 Å². The van der Waals surface area contributed by atoms with E-state index in [9.17, 15) is 9.59 Å². The Morgan fingerprint density at radius 1 is 1.25 bits per heavy atom. The second kappa shape index (κ2) is 6.71. The van der Waals surface area contributed by atoms with E-state index in [1.807, 2.05) is 0 Å². The van der Waals surface area contributed by atoms with Crippen LogP contribution in [0.25, 0.3) is 0 Å². The van der Waals surface area contributed by atoms with Crippen LogP contribution in [0.4, 0.5) is 0 Å². The second-order valence-electron chi connectivity index (χ2n) is 6.66. The number of hydrogen-bond donors (Lipinski definition) is 2. The van der Waals surface area contributed by atoms with Gasteiger partial charge in [-0.15, -0.1) is 0 Å². The van der Waals surface area contributed by atoms with E-state index in [0.717, 1.165) is 12.8 Å². The number of rotatable bonds is 7. The van der Waals surface area contributed by atoms with Crippen LogP contribution in [0.5, 0.6) is 11.5 Å². The maximum atomic E-state index is 12.3. The van der Waals surface area contributed by atoms with Crippen LogP contribution in [-0.4, -0.2) is 36.7 Å². The van der Waals surface area contributed by atoms with Gasteiger partial charge in [-0.05, 0) is 56.7 Å². The van der Waals surface area contributed by atoms with Crippen molar-refractivity contribution in [3.63, 3.8) is 0 Å². The average Bonchev–Trinajstić information content (AvgIpc) is 3.22. The minimum Gasteiger partial charge on any atom is -0.493 e. The molecule has 0 atom stereocenters. The molecular weight excluding hydrogens is 310 g/mol. The van der Waals surface area contributed by atoms with Gasteiger partial charge in [-0.2, -0.15) is 0 Å². The van der Waals surface area contributed by atoms with Gasteiger partial charge in [0.25, 0.3) is 5.91 Å². The molecule has 0 bridgehead atoms. The predicted molar refractivity (Wildman–Crippen MR) is 87.5 cm³/mol. The Balaban J connectivity index is 1.64. The highest BCUT2D eigenvalue weighted by molar-refractivity contribution is 5.95. The smallest absolute Gasteiger partial charge is 0.311 e. The summed E-state index contributed by atoms with van der Waals surface area (Å²) in [5, 5.41) is 11.9. The number of carbonyl (C=O) groups is 2. The highest BCUT2D eigenvalue weighted by atomic mass is 16.5. The summed E-state index contributed by atoms with van der Waals surface area (Å²) in [7, 11) is 1.54. The van der Waals surface area contributed by atoms with E-state index in [2.05, 4.69) is 5.32 Å². The normalized spacial score (nSPS) is 18.9. The average molecular weight is 333 g/mol. The molecule has 0 saturated heterocycles. The van der Waals surface area contributed by atoms with Gasteiger partial charge in [-0.25, -0.2) is 0 Å². The zero-order valence-corrected chi connectivity index (χ0v) is 13.8. The summed E-state index contributed by atoms with van der Waals surface area (Å²) < 4.78 is 11.3. The number of hydrogen-bond acceptors (Lipinski definition) is 4. The monoisotopic (exact) mass is 333 g/mol. The van der Waals surface area contributed by atoms with Gasteiger partial charge in [0.15, 0.2) is 11.5 Å². The number of nitrogens with one attached hydrogen (secondary N) is 1. The summed E-state index contributed by atoms with van der Waals surface area (Å²) in [6.45, 7) is 0.157. The number of methoxy groups -OCH3 is 1. The van der Waals surface area contributed by atoms with Crippen molar-refractivity contribution in [3.05, 3.63) is 23.8 Å². The van der Waals surface area contributed by atoms with E-state index >= 15 is 0 Å². The van der Waals surface area contributed by atoms with E-state index in [0.29, 0.717) is 29.9 Å². The van der Waals surface area contributed by atoms with Gasteiger partial charge in [0.1, 0.15) is 0 Å².